The normalized spacial score (nSPS) is 11.5. The van der Waals surface area contributed by atoms with Crippen LogP contribution in [0.15, 0.2) is 12.2 Å². The van der Waals surface area contributed by atoms with Crippen LogP contribution in [0.3, 0.4) is 0 Å². The first-order valence-electron chi connectivity index (χ1n) is 6.03. The van der Waals surface area contributed by atoms with Crippen molar-refractivity contribution >= 4 is 48.1 Å². The second-order valence-electron chi connectivity index (χ2n) is 4.50. The molecule has 100 valence electrons. The third-order valence-electron chi connectivity index (χ3n) is 2.34. The average molecular weight is 386 g/mol. The van der Waals surface area contributed by atoms with E-state index in [4.69, 9.17) is 4.74 Å². The SMILES string of the molecule is C=C(C)C(=O)OCCCCCCCC([SiH3])(Br)Br. The van der Waals surface area contributed by atoms with Gasteiger partial charge >= 0.3 is 5.97 Å². The molecule has 0 aromatic rings. The van der Waals surface area contributed by atoms with Gasteiger partial charge in [-0.3, -0.25) is 0 Å². The van der Waals surface area contributed by atoms with Crippen LogP contribution in [0, 0.1) is 0 Å². The molecule has 0 N–H and O–H groups in total. The van der Waals surface area contributed by atoms with Crippen LogP contribution in [-0.2, 0) is 9.53 Å². The molecule has 0 heterocycles. The van der Waals surface area contributed by atoms with Gasteiger partial charge < -0.3 is 4.74 Å². The Bertz CT molecular complexity index is 249. The molecule has 0 amide bonds. The second kappa shape index (κ2) is 9.33. The van der Waals surface area contributed by atoms with Crippen LogP contribution in [0.25, 0.3) is 0 Å². The van der Waals surface area contributed by atoms with E-state index < -0.39 is 0 Å². The van der Waals surface area contributed by atoms with E-state index in [9.17, 15) is 4.79 Å². The van der Waals surface area contributed by atoms with Gasteiger partial charge in [-0.15, -0.1) is 0 Å². The number of ether oxygens (including phenoxy) is 1. The Morgan fingerprint density at radius 3 is 2.29 bits per heavy atom. The third kappa shape index (κ3) is 12.6. The fourth-order valence-electron chi connectivity index (χ4n) is 1.36. The van der Waals surface area contributed by atoms with E-state index in [1.54, 1.807) is 6.92 Å². The predicted octanol–water partition coefficient (Wildman–Crippen LogP) is 3.26. The first kappa shape index (κ1) is 17.4. The minimum absolute atomic E-state index is 0.219. The summed E-state index contributed by atoms with van der Waals surface area (Å²) in [6, 6.07) is 0. The fourth-order valence-corrected chi connectivity index (χ4v) is 2.27. The molecule has 0 bridgehead atoms. The highest BCUT2D eigenvalue weighted by Crippen LogP contribution is 2.28. The number of hydrogen-bond donors (Lipinski definition) is 0. The Morgan fingerprint density at radius 1 is 1.24 bits per heavy atom. The standard InChI is InChI=1S/C12H22Br2O2Si/c1-10(2)11(15)16-9-7-5-3-4-6-8-12(13,14)17/h1,3-9H2,2,17H3. The van der Waals surface area contributed by atoms with Crippen LogP contribution in [0.4, 0.5) is 0 Å². The lowest BCUT2D eigenvalue weighted by atomic mass is 10.1. The lowest BCUT2D eigenvalue weighted by molar-refractivity contribution is -0.139. The van der Waals surface area contributed by atoms with Gasteiger partial charge in [0.15, 0.2) is 0 Å². The minimum atomic E-state index is -0.274. The number of halogens is 2. The molecule has 0 aliphatic rings. The van der Waals surface area contributed by atoms with Gasteiger partial charge in [-0.25, -0.2) is 4.79 Å². The molecule has 0 aromatic carbocycles. The fraction of sp³-hybridized carbons (Fsp3) is 0.750. The van der Waals surface area contributed by atoms with E-state index in [2.05, 4.69) is 38.4 Å². The van der Waals surface area contributed by atoms with Crippen LogP contribution in [0.2, 0.25) is 0 Å². The summed E-state index contributed by atoms with van der Waals surface area (Å²) < 4.78 is 5.24. The van der Waals surface area contributed by atoms with Crippen LogP contribution in [-0.4, -0.2) is 25.7 Å². The maximum Gasteiger partial charge on any atom is 0.333 e. The van der Waals surface area contributed by atoms with Crippen LogP contribution >= 0.6 is 31.9 Å². The van der Waals surface area contributed by atoms with E-state index in [-0.39, 0.29) is 8.83 Å². The number of hydrogen-bond acceptors (Lipinski definition) is 2. The summed E-state index contributed by atoms with van der Waals surface area (Å²) in [7, 11) is 1.11. The number of alkyl halides is 2. The first-order valence-corrected chi connectivity index (χ1v) is 8.62. The molecule has 0 radical (unpaired) electrons. The largest absolute Gasteiger partial charge is 0.462 e. The van der Waals surface area contributed by atoms with Crippen molar-refractivity contribution < 1.29 is 9.53 Å². The van der Waals surface area contributed by atoms with Gasteiger partial charge in [0.05, 0.1) is 9.46 Å². The zero-order chi connectivity index (χ0) is 13.3. The maximum atomic E-state index is 11.1. The van der Waals surface area contributed by atoms with Crippen LogP contribution in [0.1, 0.15) is 45.4 Å². The van der Waals surface area contributed by atoms with E-state index in [1.165, 1.54) is 25.7 Å². The van der Waals surface area contributed by atoms with Gasteiger partial charge in [-0.1, -0.05) is 64.1 Å². The molecule has 2 nitrogen and oxygen atoms in total. The van der Waals surface area contributed by atoms with Gasteiger partial charge in [0.25, 0.3) is 0 Å². The molecular weight excluding hydrogens is 364 g/mol. The van der Waals surface area contributed by atoms with Gasteiger partial charge in [-0.05, 0) is 19.8 Å². The number of esters is 1. The van der Waals surface area contributed by atoms with Gasteiger partial charge in [0.1, 0.15) is 0 Å². The molecule has 0 fully saturated rings. The van der Waals surface area contributed by atoms with Crippen molar-refractivity contribution in [3.05, 3.63) is 12.2 Å². The first-order chi connectivity index (χ1) is 7.83. The Balaban J connectivity index is 3.25. The van der Waals surface area contributed by atoms with Crippen molar-refractivity contribution in [2.45, 2.75) is 48.3 Å². The molecule has 0 unspecified atom stereocenters. The summed E-state index contributed by atoms with van der Waals surface area (Å²) in [4.78, 5) is 11.1. The molecule has 0 aliphatic heterocycles. The van der Waals surface area contributed by atoms with Crippen molar-refractivity contribution in [1.29, 1.82) is 0 Å². The summed E-state index contributed by atoms with van der Waals surface area (Å²) in [5.41, 5.74) is 0.475. The quantitative estimate of drug-likeness (QED) is 0.200. The van der Waals surface area contributed by atoms with E-state index in [0.717, 1.165) is 23.1 Å². The number of carbonyl (C=O) groups is 1. The lowest BCUT2D eigenvalue weighted by Crippen LogP contribution is -2.09. The Labute approximate surface area is 124 Å². The molecule has 0 saturated heterocycles. The second-order valence-corrected chi connectivity index (χ2v) is 13.7. The Morgan fingerprint density at radius 2 is 1.76 bits per heavy atom. The van der Waals surface area contributed by atoms with Gasteiger partial charge in [-0.2, -0.15) is 0 Å². The number of carbonyl (C=O) groups excluding carboxylic acids is 1. The van der Waals surface area contributed by atoms with Crippen LogP contribution in [0.5, 0.6) is 0 Å². The van der Waals surface area contributed by atoms with Crippen molar-refractivity contribution in [3.63, 3.8) is 0 Å². The van der Waals surface area contributed by atoms with E-state index >= 15 is 0 Å². The van der Waals surface area contributed by atoms with E-state index in [1.807, 2.05) is 0 Å². The summed E-state index contributed by atoms with van der Waals surface area (Å²) >= 11 is 7.23. The molecule has 0 atom stereocenters. The molecule has 0 saturated carbocycles. The zero-order valence-corrected chi connectivity index (χ0v) is 15.9. The molecular formula is C12H22Br2O2Si. The van der Waals surface area contributed by atoms with Crippen molar-refractivity contribution in [2.75, 3.05) is 6.61 Å². The Kier molecular flexibility index (Phi) is 9.55. The highest BCUT2D eigenvalue weighted by Gasteiger charge is 2.13. The zero-order valence-electron chi connectivity index (χ0n) is 10.7. The van der Waals surface area contributed by atoms with Crippen molar-refractivity contribution in [3.8, 4) is 0 Å². The highest BCUT2D eigenvalue weighted by molar-refractivity contribution is 9.26. The van der Waals surface area contributed by atoms with Crippen molar-refractivity contribution in [1.82, 2.24) is 0 Å². The lowest BCUT2D eigenvalue weighted by Gasteiger charge is -2.13. The minimum Gasteiger partial charge on any atom is -0.462 e. The summed E-state index contributed by atoms with van der Waals surface area (Å²) in [6.45, 7) is 5.73. The highest BCUT2D eigenvalue weighted by atomic mass is 79.9. The van der Waals surface area contributed by atoms with E-state index in [0.29, 0.717) is 12.2 Å². The molecule has 0 rings (SSSR count). The molecule has 0 aliphatic carbocycles. The molecule has 5 heteroatoms. The molecule has 17 heavy (non-hydrogen) atoms. The average Bonchev–Trinajstić information content (AvgIpc) is 2.19. The summed E-state index contributed by atoms with van der Waals surface area (Å²) in [5.74, 6) is -0.274. The van der Waals surface area contributed by atoms with Crippen molar-refractivity contribution in [2.24, 2.45) is 0 Å². The third-order valence-corrected chi connectivity index (χ3v) is 3.63. The Hall–Kier alpha value is 0.387. The maximum absolute atomic E-state index is 11.1. The summed E-state index contributed by atoms with van der Waals surface area (Å²) in [6.07, 6.45) is 6.96. The topological polar surface area (TPSA) is 26.3 Å². The predicted molar refractivity (Wildman–Crippen MR) is 84.0 cm³/mol. The molecule has 0 spiro atoms. The summed E-state index contributed by atoms with van der Waals surface area (Å²) in [5, 5.41) is 0. The number of unbranched alkanes of at least 4 members (excludes halogenated alkanes) is 4. The van der Waals surface area contributed by atoms with Gasteiger partial charge in [0.2, 0.25) is 0 Å². The molecule has 0 aromatic heterocycles. The monoisotopic (exact) mass is 384 g/mol. The smallest absolute Gasteiger partial charge is 0.333 e. The number of rotatable bonds is 9. The van der Waals surface area contributed by atoms with Gasteiger partial charge in [0, 0.05) is 15.8 Å². The van der Waals surface area contributed by atoms with Crippen LogP contribution < -0.4 is 0 Å².